The van der Waals surface area contributed by atoms with E-state index in [2.05, 4.69) is 52.7 Å². The lowest BCUT2D eigenvalue weighted by atomic mass is 10.0. The molecule has 0 aliphatic carbocycles. The number of nitrogens with one attached hydrogen (secondary N) is 1. The molecule has 2 atom stereocenters. The number of carbonyl (C=O) groups is 1. The lowest BCUT2D eigenvalue weighted by Crippen LogP contribution is -2.50. The van der Waals surface area contributed by atoms with Crippen LogP contribution in [0.15, 0.2) is 12.7 Å². The van der Waals surface area contributed by atoms with E-state index in [0.29, 0.717) is 0 Å². The third-order valence-corrected chi connectivity index (χ3v) is 8.62. The molecule has 0 bridgehead atoms. The Bertz CT molecular complexity index is 321. The summed E-state index contributed by atoms with van der Waals surface area (Å²) in [5.41, 5.74) is 0. The molecule has 0 aromatic heterocycles. The van der Waals surface area contributed by atoms with Gasteiger partial charge in [0.2, 0.25) is 5.91 Å². The van der Waals surface area contributed by atoms with Crippen molar-refractivity contribution in [3.63, 3.8) is 0 Å². The third kappa shape index (κ3) is 5.79. The lowest BCUT2D eigenvalue weighted by Gasteiger charge is -2.39. The molecule has 0 radical (unpaired) electrons. The zero-order chi connectivity index (χ0) is 16.0. The molecule has 0 aliphatic rings. The van der Waals surface area contributed by atoms with Crippen LogP contribution >= 0.6 is 0 Å². The van der Waals surface area contributed by atoms with Crippen molar-refractivity contribution in [1.29, 1.82) is 0 Å². The van der Waals surface area contributed by atoms with E-state index in [-0.39, 0.29) is 16.9 Å². The fraction of sp³-hybridized carbons (Fsp3) is 0.812. The highest BCUT2D eigenvalue weighted by atomic mass is 28.4. The molecule has 0 saturated heterocycles. The summed E-state index contributed by atoms with van der Waals surface area (Å²) in [4.78, 5) is 12.4. The first-order valence-electron chi connectivity index (χ1n) is 7.65. The van der Waals surface area contributed by atoms with Crippen LogP contribution in [0.3, 0.4) is 0 Å². The molecule has 0 heterocycles. The molecule has 0 fully saturated rings. The Hall–Kier alpha value is -0.613. The van der Waals surface area contributed by atoms with E-state index in [1.165, 1.54) is 0 Å². The van der Waals surface area contributed by atoms with Crippen molar-refractivity contribution in [3.05, 3.63) is 12.7 Å². The van der Waals surface area contributed by atoms with Crippen molar-refractivity contribution in [2.75, 3.05) is 6.54 Å². The number of carbonyl (C=O) groups excluding carboxylic acids is 1. The van der Waals surface area contributed by atoms with Crippen molar-refractivity contribution in [2.24, 2.45) is 5.92 Å². The van der Waals surface area contributed by atoms with E-state index >= 15 is 0 Å². The van der Waals surface area contributed by atoms with Crippen LogP contribution in [-0.2, 0) is 9.22 Å². The van der Waals surface area contributed by atoms with Crippen molar-refractivity contribution in [1.82, 2.24) is 5.32 Å². The highest BCUT2D eigenvalue weighted by Gasteiger charge is 2.41. The fourth-order valence-electron chi connectivity index (χ4n) is 1.51. The minimum absolute atomic E-state index is 0.00400. The number of hydrogen-bond donors (Lipinski definition) is 1. The van der Waals surface area contributed by atoms with Crippen molar-refractivity contribution >= 4 is 14.2 Å². The first kappa shape index (κ1) is 19.4. The second kappa shape index (κ2) is 7.98. The maximum absolute atomic E-state index is 12.4. The number of hydrogen-bond acceptors (Lipinski definition) is 2. The molecule has 4 heteroatoms. The zero-order valence-corrected chi connectivity index (χ0v) is 15.4. The van der Waals surface area contributed by atoms with Gasteiger partial charge in [0.05, 0.1) is 0 Å². The Morgan fingerprint density at radius 1 is 1.40 bits per heavy atom. The topological polar surface area (TPSA) is 38.3 Å². The Labute approximate surface area is 126 Å². The second-order valence-electron chi connectivity index (χ2n) is 7.04. The average molecular weight is 300 g/mol. The third-order valence-electron chi connectivity index (χ3n) is 4.17. The van der Waals surface area contributed by atoms with Gasteiger partial charge in [-0.25, -0.2) is 0 Å². The zero-order valence-electron chi connectivity index (χ0n) is 14.4. The molecule has 0 rings (SSSR count). The van der Waals surface area contributed by atoms with Gasteiger partial charge in [-0.05, 0) is 24.6 Å². The lowest BCUT2D eigenvalue weighted by molar-refractivity contribution is -0.129. The van der Waals surface area contributed by atoms with Crippen LogP contribution in [-0.4, -0.2) is 26.9 Å². The van der Waals surface area contributed by atoms with Crippen LogP contribution in [0.2, 0.25) is 18.1 Å². The average Bonchev–Trinajstić information content (AvgIpc) is 2.33. The Kier molecular flexibility index (Phi) is 7.74. The number of unbranched alkanes of at least 4 members (excludes halogenated alkanes) is 1. The van der Waals surface area contributed by atoms with Gasteiger partial charge in [-0.3, -0.25) is 4.79 Å². The Balaban J connectivity index is 4.90. The smallest absolute Gasteiger partial charge is 0.248 e. The number of rotatable bonds is 8. The highest BCUT2D eigenvalue weighted by Crippen LogP contribution is 2.38. The molecular weight excluding hydrogens is 266 g/mol. The van der Waals surface area contributed by atoms with Gasteiger partial charge < -0.3 is 9.74 Å². The fourth-order valence-corrected chi connectivity index (χ4v) is 2.82. The summed E-state index contributed by atoms with van der Waals surface area (Å²) in [5.74, 6) is 0.0152. The minimum atomic E-state index is -1.97. The summed E-state index contributed by atoms with van der Waals surface area (Å²) in [6.07, 6.45) is 3.45. The summed E-state index contributed by atoms with van der Waals surface area (Å²) in [6.45, 7) is 19.5. The monoisotopic (exact) mass is 299 g/mol. The maximum Gasteiger partial charge on any atom is 0.248 e. The predicted molar refractivity (Wildman–Crippen MR) is 89.3 cm³/mol. The van der Waals surface area contributed by atoms with E-state index in [4.69, 9.17) is 4.43 Å². The molecule has 1 N–H and O–H groups in total. The van der Waals surface area contributed by atoms with Crippen LogP contribution in [0.1, 0.15) is 47.5 Å². The quantitative estimate of drug-likeness (QED) is 0.416. The molecule has 0 saturated carbocycles. The molecule has 118 valence electrons. The summed E-state index contributed by atoms with van der Waals surface area (Å²) in [5, 5.41) is 3.08. The van der Waals surface area contributed by atoms with E-state index < -0.39 is 14.4 Å². The first-order chi connectivity index (χ1) is 9.06. The summed E-state index contributed by atoms with van der Waals surface area (Å²) >= 11 is 0. The van der Waals surface area contributed by atoms with Crippen LogP contribution in [0.4, 0.5) is 0 Å². The van der Waals surface area contributed by atoms with Crippen LogP contribution in [0, 0.1) is 5.92 Å². The SMILES string of the molecule is C=C[C@H](C)[C@@H](O[Si](C)(C)C(C)(C)C)C(=O)NCCCC. The minimum Gasteiger partial charge on any atom is -0.404 e. The summed E-state index contributed by atoms with van der Waals surface area (Å²) in [6, 6.07) is 0. The largest absolute Gasteiger partial charge is 0.404 e. The van der Waals surface area contributed by atoms with E-state index in [1.807, 2.05) is 6.92 Å². The molecule has 0 unspecified atom stereocenters. The van der Waals surface area contributed by atoms with Crippen molar-refractivity contribution in [2.45, 2.75) is 71.7 Å². The van der Waals surface area contributed by atoms with E-state index in [0.717, 1.165) is 19.4 Å². The van der Waals surface area contributed by atoms with E-state index in [1.54, 1.807) is 6.08 Å². The van der Waals surface area contributed by atoms with Gasteiger partial charge in [-0.2, -0.15) is 0 Å². The maximum atomic E-state index is 12.4. The van der Waals surface area contributed by atoms with Crippen LogP contribution in [0.25, 0.3) is 0 Å². The molecule has 0 spiro atoms. The molecule has 0 aliphatic heterocycles. The van der Waals surface area contributed by atoms with Gasteiger partial charge in [-0.1, -0.05) is 47.1 Å². The normalized spacial score (nSPS) is 15.6. The molecule has 0 aromatic carbocycles. The molecular formula is C16H33NO2Si. The van der Waals surface area contributed by atoms with Gasteiger partial charge >= 0.3 is 0 Å². The summed E-state index contributed by atoms with van der Waals surface area (Å²) < 4.78 is 6.30. The van der Waals surface area contributed by atoms with Gasteiger partial charge in [0.15, 0.2) is 8.32 Å². The Morgan fingerprint density at radius 2 is 1.95 bits per heavy atom. The van der Waals surface area contributed by atoms with Gasteiger partial charge in [0, 0.05) is 12.5 Å². The van der Waals surface area contributed by atoms with Crippen molar-refractivity contribution < 1.29 is 9.22 Å². The van der Waals surface area contributed by atoms with Gasteiger partial charge in [-0.15, -0.1) is 6.58 Å². The number of amides is 1. The molecule has 0 aromatic rings. The predicted octanol–water partition coefficient (Wildman–Crippen LogP) is 4.12. The summed E-state index contributed by atoms with van der Waals surface area (Å²) in [7, 11) is -1.97. The van der Waals surface area contributed by atoms with Gasteiger partial charge in [0.1, 0.15) is 6.10 Å². The van der Waals surface area contributed by atoms with Crippen LogP contribution < -0.4 is 5.32 Å². The standard InChI is InChI=1S/C16H33NO2Si/c1-9-11-12-17-15(18)14(13(3)10-2)19-20(7,8)16(4,5)6/h10,13-14H,2,9,11-12H2,1,3-8H3,(H,17,18)/t13-,14+/m0/s1. The van der Waals surface area contributed by atoms with Crippen molar-refractivity contribution in [3.8, 4) is 0 Å². The van der Waals surface area contributed by atoms with E-state index in [9.17, 15) is 4.79 Å². The first-order valence-corrected chi connectivity index (χ1v) is 10.6. The van der Waals surface area contributed by atoms with Gasteiger partial charge in [0.25, 0.3) is 0 Å². The van der Waals surface area contributed by atoms with Crippen LogP contribution in [0.5, 0.6) is 0 Å². The molecule has 3 nitrogen and oxygen atoms in total. The Morgan fingerprint density at radius 3 is 2.35 bits per heavy atom. The molecule has 1 amide bonds. The highest BCUT2D eigenvalue weighted by molar-refractivity contribution is 6.74. The molecule has 20 heavy (non-hydrogen) atoms. The second-order valence-corrected chi connectivity index (χ2v) is 11.8.